The smallest absolute Gasteiger partial charge is 0.338 e. The quantitative estimate of drug-likeness (QED) is 0.544. The molecule has 0 amide bonds. The molecule has 0 spiro atoms. The summed E-state index contributed by atoms with van der Waals surface area (Å²) < 4.78 is 9.58. The summed E-state index contributed by atoms with van der Waals surface area (Å²) in [4.78, 5) is 11.0. The molecule has 11 heavy (non-hydrogen) atoms. The van der Waals surface area contributed by atoms with Crippen LogP contribution in [-0.4, -0.2) is 17.1 Å². The zero-order valence-corrected chi connectivity index (χ0v) is 9.55. The van der Waals surface area contributed by atoms with Crippen molar-refractivity contribution in [2.24, 2.45) is 0 Å². The number of rotatable bonds is 1. The Hall–Kier alpha value is 0.0300. The zero-order chi connectivity index (χ0) is 8.27. The molecule has 0 bridgehead atoms. The molecule has 0 saturated carbocycles. The Morgan fingerprint density at radius 3 is 3.00 bits per heavy atom. The van der Waals surface area contributed by atoms with Crippen LogP contribution in [0.25, 0.3) is 0 Å². The molecule has 0 aromatic rings. The highest BCUT2D eigenvalue weighted by Crippen LogP contribution is 2.20. The maximum absolute atomic E-state index is 11.0. The summed E-state index contributed by atoms with van der Waals surface area (Å²) in [7, 11) is 1.39. The first-order valence-electron chi connectivity index (χ1n) is 2.85. The molecule has 2 nitrogen and oxygen atoms in total. The predicted molar refractivity (Wildman–Crippen MR) is 57.2 cm³/mol. The lowest BCUT2D eigenvalue weighted by molar-refractivity contribution is -0.135. The van der Waals surface area contributed by atoms with E-state index in [-0.39, 0.29) is 26.7 Å². The monoisotopic (exact) mass is 328 g/mol. The molecule has 0 fully saturated rings. The van der Waals surface area contributed by atoms with Gasteiger partial charge < -0.3 is 4.74 Å². The highest BCUT2D eigenvalue weighted by Gasteiger charge is 2.07. The lowest BCUT2D eigenvalue weighted by atomic mass is 10.3. The van der Waals surface area contributed by atoms with E-state index >= 15 is 0 Å². The Balaban J connectivity index is 2.84. The third-order valence-electron chi connectivity index (χ3n) is 1.06. The number of carbonyl (C=O) groups excluding carboxylic acids is 1. The number of hydrogen-bond donors (Lipinski definition) is 0. The molecule has 0 aliphatic carbocycles. The van der Waals surface area contributed by atoms with Gasteiger partial charge in [-0.3, -0.25) is 0 Å². The fraction of sp³-hybridized carbons (Fsp3) is 0.143. The van der Waals surface area contributed by atoms with Gasteiger partial charge in [0.2, 0.25) is 0 Å². The summed E-state index contributed by atoms with van der Waals surface area (Å²) >= 11 is 3.20. The lowest BCUT2D eigenvalue weighted by Gasteiger charge is -2.01. The first kappa shape index (κ1) is 9.12. The van der Waals surface area contributed by atoms with Crippen molar-refractivity contribution in [2.75, 3.05) is 7.11 Å². The predicted octanol–water partition coefficient (Wildman–Crippen LogP) is 2.11. The van der Waals surface area contributed by atoms with Crippen LogP contribution in [0.4, 0.5) is 0 Å². The van der Waals surface area contributed by atoms with Gasteiger partial charge in [-0.25, -0.2) is 4.79 Å². The van der Waals surface area contributed by atoms with Gasteiger partial charge in [0, 0.05) is 4.48 Å². The number of ether oxygens (including phenoxy) is 1. The second-order valence-electron chi connectivity index (χ2n) is 1.82. The van der Waals surface area contributed by atoms with Gasteiger partial charge in [-0.2, -0.15) is 0 Å². The van der Waals surface area contributed by atoms with Crippen molar-refractivity contribution in [1.29, 1.82) is 0 Å². The van der Waals surface area contributed by atoms with Gasteiger partial charge in [0.15, 0.2) is 0 Å². The van der Waals surface area contributed by atoms with Crippen LogP contribution in [0.2, 0.25) is 0 Å². The van der Waals surface area contributed by atoms with Crippen LogP contribution in [-0.2, 0) is 9.53 Å². The third kappa shape index (κ3) is 2.52. The van der Waals surface area contributed by atoms with Crippen LogP contribution in [0.1, 0.15) is 0 Å². The summed E-state index contributed by atoms with van der Waals surface area (Å²) in [6.45, 7) is 0. The molecule has 0 unspecified atom stereocenters. The first-order valence-corrected chi connectivity index (χ1v) is 6.13. The normalized spacial score (nSPS) is 16.2. The van der Waals surface area contributed by atoms with Crippen LogP contribution in [0, 0.1) is 0 Å². The summed E-state index contributed by atoms with van der Waals surface area (Å²) in [6.07, 6.45) is 1.77. The fourth-order valence-corrected chi connectivity index (χ4v) is 3.03. The molecule has 0 N–H and O–H groups in total. The molecule has 1 rings (SSSR count). The average molecular weight is 329 g/mol. The Bertz CT molecular complexity index is 266. The number of methoxy groups -OCH3 is 1. The SMILES string of the molecule is COC(=O)C1=CC(Br)=CI=C1. The van der Waals surface area contributed by atoms with Gasteiger partial charge in [0.25, 0.3) is 0 Å². The largest absolute Gasteiger partial charge is 0.465 e. The Labute approximate surface area is 83.2 Å². The van der Waals surface area contributed by atoms with Crippen molar-refractivity contribution < 1.29 is 9.53 Å². The van der Waals surface area contributed by atoms with Crippen molar-refractivity contribution in [3.63, 3.8) is 0 Å². The van der Waals surface area contributed by atoms with Crippen molar-refractivity contribution in [3.05, 3.63) is 20.2 Å². The van der Waals surface area contributed by atoms with Crippen molar-refractivity contribution in [3.8, 4) is 0 Å². The molecule has 1 aliphatic heterocycles. The molecular weight excluding hydrogens is 323 g/mol. The number of carbonyl (C=O) groups is 1. The molecule has 1 aliphatic rings. The highest BCUT2D eigenvalue weighted by atomic mass is 127. The number of hydrogen-bond acceptors (Lipinski definition) is 2. The number of allylic oxidation sites excluding steroid dienone is 2. The summed E-state index contributed by atoms with van der Waals surface area (Å²) in [5, 5.41) is 0. The van der Waals surface area contributed by atoms with Crippen LogP contribution in [0.15, 0.2) is 20.2 Å². The van der Waals surface area contributed by atoms with Gasteiger partial charge >= 0.3 is 5.97 Å². The van der Waals surface area contributed by atoms with E-state index in [1.165, 1.54) is 7.11 Å². The van der Waals surface area contributed by atoms with Gasteiger partial charge in [-0.1, -0.05) is 36.7 Å². The highest BCUT2D eigenvalue weighted by molar-refractivity contribution is 14.2. The van der Waals surface area contributed by atoms with E-state index in [4.69, 9.17) is 0 Å². The van der Waals surface area contributed by atoms with Crippen LogP contribution >= 0.6 is 36.7 Å². The standard InChI is InChI=1S/C7H6BrIO2/c1-11-7(10)5-2-6(8)4-9-3-5/h2-4H,1H3. The van der Waals surface area contributed by atoms with Gasteiger partial charge in [0.1, 0.15) is 0 Å². The molecule has 60 valence electrons. The zero-order valence-electron chi connectivity index (χ0n) is 5.80. The van der Waals surface area contributed by atoms with E-state index in [1.54, 1.807) is 6.08 Å². The number of halogens is 2. The molecule has 1 heterocycles. The average Bonchev–Trinajstić information content (AvgIpc) is 2.03. The Morgan fingerprint density at radius 1 is 1.73 bits per heavy atom. The molecular formula is C7H6BrIO2. The molecule has 0 saturated heterocycles. The minimum Gasteiger partial charge on any atom is -0.465 e. The molecule has 0 aromatic carbocycles. The molecule has 0 atom stereocenters. The van der Waals surface area contributed by atoms with Gasteiger partial charge in [-0.05, 0) is 14.2 Å². The van der Waals surface area contributed by atoms with E-state index < -0.39 is 0 Å². The topological polar surface area (TPSA) is 26.3 Å². The first-order chi connectivity index (χ1) is 5.24. The Kier molecular flexibility index (Phi) is 3.45. The van der Waals surface area contributed by atoms with Crippen LogP contribution in [0.5, 0.6) is 0 Å². The summed E-state index contributed by atoms with van der Waals surface area (Å²) in [5.74, 6) is -0.255. The van der Waals surface area contributed by atoms with Crippen molar-refractivity contribution in [1.82, 2.24) is 0 Å². The summed E-state index contributed by atoms with van der Waals surface area (Å²) in [6, 6.07) is 0. The molecule has 0 aromatic heterocycles. The minimum absolute atomic E-state index is 0.108. The minimum atomic E-state index is -0.255. The van der Waals surface area contributed by atoms with Crippen LogP contribution in [0.3, 0.4) is 0 Å². The maximum Gasteiger partial charge on any atom is 0.338 e. The lowest BCUT2D eigenvalue weighted by Crippen LogP contribution is -2.05. The number of esters is 1. The van der Waals surface area contributed by atoms with E-state index in [1.807, 2.05) is 4.01 Å². The van der Waals surface area contributed by atoms with E-state index in [0.717, 1.165) is 4.48 Å². The van der Waals surface area contributed by atoms with E-state index in [9.17, 15) is 4.79 Å². The fourth-order valence-electron chi connectivity index (χ4n) is 0.592. The van der Waals surface area contributed by atoms with Gasteiger partial charge in [0.05, 0.1) is 12.7 Å². The van der Waals surface area contributed by atoms with E-state index in [0.29, 0.717) is 5.57 Å². The van der Waals surface area contributed by atoms with Gasteiger partial charge in [-0.15, -0.1) is 0 Å². The Morgan fingerprint density at radius 2 is 2.45 bits per heavy atom. The van der Waals surface area contributed by atoms with Crippen molar-refractivity contribution >= 4 is 46.6 Å². The van der Waals surface area contributed by atoms with Crippen LogP contribution < -0.4 is 0 Å². The van der Waals surface area contributed by atoms with E-state index in [2.05, 4.69) is 24.7 Å². The summed E-state index contributed by atoms with van der Waals surface area (Å²) in [5.41, 5.74) is 0.662. The molecule has 4 heteroatoms. The molecule has 0 radical (unpaired) electrons. The second kappa shape index (κ2) is 4.15. The third-order valence-corrected chi connectivity index (χ3v) is 4.44. The second-order valence-corrected chi connectivity index (χ2v) is 4.70. The maximum atomic E-state index is 11.0. The van der Waals surface area contributed by atoms with Crippen molar-refractivity contribution in [2.45, 2.75) is 0 Å².